The third-order valence-electron chi connectivity index (χ3n) is 3.60. The van der Waals surface area contributed by atoms with Crippen molar-refractivity contribution in [1.29, 1.82) is 0 Å². The van der Waals surface area contributed by atoms with E-state index in [4.69, 9.17) is 10.5 Å². The molecule has 0 aromatic heterocycles. The molecule has 90 valence electrons. The van der Waals surface area contributed by atoms with Crippen LogP contribution in [0, 0.1) is 0 Å². The maximum Gasteiger partial charge on any atom is 0.0663 e. The maximum atomic E-state index is 10.4. The lowest BCUT2D eigenvalue weighted by molar-refractivity contribution is -0.0458. The third kappa shape index (κ3) is 4.09. The van der Waals surface area contributed by atoms with Crippen LogP contribution in [0.4, 0.5) is 0 Å². The highest BCUT2D eigenvalue weighted by Crippen LogP contribution is 2.33. The van der Waals surface area contributed by atoms with Crippen molar-refractivity contribution in [3.63, 3.8) is 0 Å². The summed E-state index contributed by atoms with van der Waals surface area (Å²) in [6, 6.07) is 0.175. The Bertz CT molecular complexity index is 206. The van der Waals surface area contributed by atoms with Crippen molar-refractivity contribution in [1.82, 2.24) is 0 Å². The molecule has 2 unspecified atom stereocenters. The predicted molar refractivity (Wildman–Crippen MR) is 61.7 cm³/mol. The molecule has 3 nitrogen and oxygen atoms in total. The van der Waals surface area contributed by atoms with E-state index in [2.05, 4.69) is 13.8 Å². The van der Waals surface area contributed by atoms with Crippen molar-refractivity contribution in [3.05, 3.63) is 0 Å². The van der Waals surface area contributed by atoms with Gasteiger partial charge in [-0.3, -0.25) is 0 Å². The second-order valence-corrected chi connectivity index (χ2v) is 5.54. The zero-order chi connectivity index (χ0) is 11.5. The largest absolute Gasteiger partial charge is 0.390 e. The van der Waals surface area contributed by atoms with E-state index < -0.39 is 5.60 Å². The second kappa shape index (κ2) is 4.81. The fraction of sp³-hybridized carbons (Fsp3) is 1.00. The van der Waals surface area contributed by atoms with E-state index >= 15 is 0 Å². The lowest BCUT2D eigenvalue weighted by Crippen LogP contribution is -2.42. The molecule has 0 heterocycles. The van der Waals surface area contributed by atoms with Crippen molar-refractivity contribution in [2.75, 3.05) is 7.11 Å². The van der Waals surface area contributed by atoms with E-state index in [1.807, 2.05) is 0 Å². The summed E-state index contributed by atoms with van der Waals surface area (Å²) in [4.78, 5) is 0. The molecule has 0 amide bonds. The minimum Gasteiger partial charge on any atom is -0.390 e. The Morgan fingerprint density at radius 3 is 2.73 bits per heavy atom. The lowest BCUT2D eigenvalue weighted by atomic mass is 9.78. The molecule has 0 bridgehead atoms. The van der Waals surface area contributed by atoms with Crippen LogP contribution >= 0.6 is 0 Å². The molecule has 15 heavy (non-hydrogen) atoms. The average molecular weight is 215 g/mol. The summed E-state index contributed by atoms with van der Waals surface area (Å²) in [6.07, 6.45) is 5.41. The number of aliphatic hydroxyl groups is 1. The first-order chi connectivity index (χ1) is 6.87. The predicted octanol–water partition coefficient (Wildman–Crippen LogP) is 1.82. The van der Waals surface area contributed by atoms with Crippen LogP contribution in [0.25, 0.3) is 0 Å². The summed E-state index contributed by atoms with van der Waals surface area (Å²) < 4.78 is 5.36. The molecule has 1 aliphatic rings. The Labute approximate surface area is 93.0 Å². The molecular weight excluding hydrogens is 190 g/mol. The molecule has 3 heteroatoms. The SMILES string of the molecule is COC(C)(C)CCC1(O)CCCC(N)C1. The molecule has 0 saturated heterocycles. The van der Waals surface area contributed by atoms with Gasteiger partial charge in [-0.2, -0.15) is 0 Å². The molecule has 3 N–H and O–H groups in total. The Morgan fingerprint density at radius 1 is 1.53 bits per heavy atom. The van der Waals surface area contributed by atoms with Crippen molar-refractivity contribution in [2.45, 2.75) is 69.6 Å². The fourth-order valence-electron chi connectivity index (χ4n) is 2.25. The number of hydrogen-bond donors (Lipinski definition) is 2. The van der Waals surface area contributed by atoms with Crippen LogP contribution < -0.4 is 5.73 Å². The van der Waals surface area contributed by atoms with Crippen LogP contribution in [0.5, 0.6) is 0 Å². The van der Waals surface area contributed by atoms with Crippen LogP contribution in [-0.4, -0.2) is 29.5 Å². The van der Waals surface area contributed by atoms with Crippen LogP contribution in [-0.2, 0) is 4.74 Å². The molecule has 0 aliphatic heterocycles. The third-order valence-corrected chi connectivity index (χ3v) is 3.60. The zero-order valence-corrected chi connectivity index (χ0v) is 10.3. The number of methoxy groups -OCH3 is 1. The van der Waals surface area contributed by atoms with Gasteiger partial charge in [-0.05, 0) is 52.4 Å². The van der Waals surface area contributed by atoms with Gasteiger partial charge < -0.3 is 15.6 Å². The number of nitrogens with two attached hydrogens (primary N) is 1. The van der Waals surface area contributed by atoms with Gasteiger partial charge in [0.15, 0.2) is 0 Å². The molecule has 0 aromatic carbocycles. The van der Waals surface area contributed by atoms with Crippen LogP contribution in [0.1, 0.15) is 52.4 Å². The summed E-state index contributed by atoms with van der Waals surface area (Å²) in [5.41, 5.74) is 5.20. The van der Waals surface area contributed by atoms with E-state index in [1.54, 1.807) is 7.11 Å². The Hall–Kier alpha value is -0.120. The molecule has 1 aliphatic carbocycles. The van der Waals surface area contributed by atoms with Gasteiger partial charge in [0.1, 0.15) is 0 Å². The summed E-state index contributed by atoms with van der Waals surface area (Å²) in [7, 11) is 1.72. The average Bonchev–Trinajstić information content (AvgIpc) is 2.15. The minimum absolute atomic E-state index is 0.142. The Morgan fingerprint density at radius 2 is 2.20 bits per heavy atom. The molecule has 0 radical (unpaired) electrons. The Balaban J connectivity index is 2.42. The summed E-state index contributed by atoms with van der Waals surface area (Å²) in [5, 5.41) is 10.4. The van der Waals surface area contributed by atoms with Crippen molar-refractivity contribution >= 4 is 0 Å². The van der Waals surface area contributed by atoms with Gasteiger partial charge in [-0.15, -0.1) is 0 Å². The van der Waals surface area contributed by atoms with Gasteiger partial charge in [-0.1, -0.05) is 0 Å². The zero-order valence-electron chi connectivity index (χ0n) is 10.3. The van der Waals surface area contributed by atoms with Gasteiger partial charge in [0.2, 0.25) is 0 Å². The summed E-state index contributed by atoms with van der Waals surface area (Å²) in [5.74, 6) is 0. The smallest absolute Gasteiger partial charge is 0.0663 e. The maximum absolute atomic E-state index is 10.4. The van der Waals surface area contributed by atoms with E-state index in [0.29, 0.717) is 0 Å². The first-order valence-corrected chi connectivity index (χ1v) is 5.90. The number of ether oxygens (including phenoxy) is 1. The summed E-state index contributed by atoms with van der Waals surface area (Å²) in [6.45, 7) is 4.11. The molecule has 1 fully saturated rings. The van der Waals surface area contributed by atoms with Gasteiger partial charge >= 0.3 is 0 Å². The standard InChI is InChI=1S/C12H25NO2/c1-11(2,15-3)7-8-12(14)6-4-5-10(13)9-12/h10,14H,4-9,13H2,1-3H3. The highest BCUT2D eigenvalue weighted by molar-refractivity contribution is 4.89. The van der Waals surface area contributed by atoms with Crippen LogP contribution in [0.15, 0.2) is 0 Å². The fourth-order valence-corrected chi connectivity index (χ4v) is 2.25. The highest BCUT2D eigenvalue weighted by Gasteiger charge is 2.34. The quantitative estimate of drug-likeness (QED) is 0.752. The van der Waals surface area contributed by atoms with E-state index in [1.165, 1.54) is 0 Å². The minimum atomic E-state index is -0.548. The molecule has 1 saturated carbocycles. The van der Waals surface area contributed by atoms with E-state index in [-0.39, 0.29) is 11.6 Å². The first-order valence-electron chi connectivity index (χ1n) is 5.90. The highest BCUT2D eigenvalue weighted by atomic mass is 16.5. The molecular formula is C12H25NO2. The van der Waals surface area contributed by atoms with Crippen molar-refractivity contribution in [3.8, 4) is 0 Å². The molecule has 2 atom stereocenters. The lowest BCUT2D eigenvalue weighted by Gasteiger charge is -2.37. The van der Waals surface area contributed by atoms with Crippen molar-refractivity contribution in [2.24, 2.45) is 5.73 Å². The number of rotatable bonds is 4. The van der Waals surface area contributed by atoms with Crippen molar-refractivity contribution < 1.29 is 9.84 Å². The Kier molecular flexibility index (Phi) is 4.15. The van der Waals surface area contributed by atoms with Gasteiger partial charge in [-0.25, -0.2) is 0 Å². The number of hydrogen-bond acceptors (Lipinski definition) is 3. The van der Waals surface area contributed by atoms with Crippen LogP contribution in [0.2, 0.25) is 0 Å². The van der Waals surface area contributed by atoms with E-state index in [9.17, 15) is 5.11 Å². The van der Waals surface area contributed by atoms with Gasteiger partial charge in [0, 0.05) is 13.2 Å². The molecule has 0 spiro atoms. The molecule has 0 aromatic rings. The topological polar surface area (TPSA) is 55.5 Å². The summed E-state index contributed by atoms with van der Waals surface area (Å²) >= 11 is 0. The van der Waals surface area contributed by atoms with Crippen LogP contribution in [0.3, 0.4) is 0 Å². The molecule has 1 rings (SSSR count). The second-order valence-electron chi connectivity index (χ2n) is 5.54. The van der Waals surface area contributed by atoms with Gasteiger partial charge in [0.05, 0.1) is 11.2 Å². The van der Waals surface area contributed by atoms with Gasteiger partial charge in [0.25, 0.3) is 0 Å². The normalized spacial score (nSPS) is 33.0. The van der Waals surface area contributed by atoms with E-state index in [0.717, 1.165) is 38.5 Å². The monoisotopic (exact) mass is 215 g/mol. The first kappa shape index (κ1) is 12.9.